The van der Waals surface area contributed by atoms with Gasteiger partial charge < -0.3 is 33.2 Å². The van der Waals surface area contributed by atoms with Crippen LogP contribution >= 0.6 is 0 Å². The second kappa shape index (κ2) is 19.4. The molecule has 0 radical (unpaired) electrons. The molecular weight excluding hydrogens is 416 g/mol. The molecule has 1 aromatic rings. The van der Waals surface area contributed by atoms with Crippen molar-refractivity contribution in [3.05, 3.63) is 29.3 Å². The fourth-order valence-electron chi connectivity index (χ4n) is 2.49. The lowest BCUT2D eigenvalue weighted by Crippen LogP contribution is -2.30. The molecule has 0 amide bonds. The van der Waals surface area contributed by atoms with Crippen molar-refractivity contribution < 1.29 is 33.2 Å². The van der Waals surface area contributed by atoms with Crippen molar-refractivity contribution in [2.45, 2.75) is 20.0 Å². The minimum atomic E-state index is -0.402. The standard InChI is InChI=1S/C23H34N2O7/c1-3-26-7-9-28-11-13-30-18-23(19-31-14-12-29-10-8-27-4-2)32-22-6-5-20(16-24)21(15-22)17-25/h5-6,15,23H,3-4,7-14,18-19H2,1-2H3. The van der Waals surface area contributed by atoms with E-state index in [1.165, 1.54) is 0 Å². The Morgan fingerprint density at radius 3 is 1.59 bits per heavy atom. The lowest BCUT2D eigenvalue weighted by molar-refractivity contribution is -0.0385. The lowest BCUT2D eigenvalue weighted by atomic mass is 10.1. The number of nitriles is 2. The minimum Gasteiger partial charge on any atom is -0.486 e. The first-order chi connectivity index (χ1) is 15.7. The third-order valence-corrected chi connectivity index (χ3v) is 4.04. The second-order valence-electron chi connectivity index (χ2n) is 6.44. The largest absolute Gasteiger partial charge is 0.486 e. The molecule has 0 spiro atoms. The molecule has 0 saturated carbocycles. The van der Waals surface area contributed by atoms with Gasteiger partial charge in [-0.25, -0.2) is 0 Å². The van der Waals surface area contributed by atoms with Crippen LogP contribution in [0.15, 0.2) is 18.2 Å². The van der Waals surface area contributed by atoms with Crippen molar-refractivity contribution in [2.75, 3.05) is 79.3 Å². The zero-order chi connectivity index (χ0) is 23.3. The zero-order valence-corrected chi connectivity index (χ0v) is 19.0. The molecule has 0 saturated heterocycles. The molecule has 0 fully saturated rings. The number of benzene rings is 1. The van der Waals surface area contributed by atoms with E-state index in [1.54, 1.807) is 18.2 Å². The second-order valence-corrected chi connectivity index (χ2v) is 6.44. The first-order valence-electron chi connectivity index (χ1n) is 10.8. The summed E-state index contributed by atoms with van der Waals surface area (Å²) in [6.07, 6.45) is -0.402. The monoisotopic (exact) mass is 450 g/mol. The van der Waals surface area contributed by atoms with Crippen LogP contribution in [0.2, 0.25) is 0 Å². The van der Waals surface area contributed by atoms with Crippen LogP contribution in [0.1, 0.15) is 25.0 Å². The topological polar surface area (TPSA) is 112 Å². The van der Waals surface area contributed by atoms with Crippen LogP contribution in [0, 0.1) is 22.7 Å². The lowest BCUT2D eigenvalue weighted by Gasteiger charge is -2.20. The third kappa shape index (κ3) is 13.2. The third-order valence-electron chi connectivity index (χ3n) is 4.04. The molecule has 0 aliphatic carbocycles. The van der Waals surface area contributed by atoms with Gasteiger partial charge in [-0.1, -0.05) is 0 Å². The predicted octanol–water partition coefficient (Wildman–Crippen LogP) is 2.32. The first-order valence-corrected chi connectivity index (χ1v) is 10.8. The van der Waals surface area contributed by atoms with Crippen LogP contribution in [-0.2, 0) is 28.4 Å². The molecule has 0 aliphatic rings. The molecule has 0 aliphatic heterocycles. The van der Waals surface area contributed by atoms with E-state index in [2.05, 4.69) is 0 Å². The highest BCUT2D eigenvalue weighted by Crippen LogP contribution is 2.18. The van der Waals surface area contributed by atoms with Crippen molar-refractivity contribution in [2.24, 2.45) is 0 Å². The van der Waals surface area contributed by atoms with Crippen LogP contribution in [0.4, 0.5) is 0 Å². The van der Waals surface area contributed by atoms with Crippen LogP contribution in [-0.4, -0.2) is 85.4 Å². The van der Waals surface area contributed by atoms with Gasteiger partial charge in [0.2, 0.25) is 0 Å². The number of hydrogen-bond donors (Lipinski definition) is 0. The van der Waals surface area contributed by atoms with Crippen molar-refractivity contribution >= 4 is 0 Å². The Morgan fingerprint density at radius 1 is 0.656 bits per heavy atom. The normalized spacial score (nSPS) is 10.8. The Hall–Kier alpha value is -2.24. The Morgan fingerprint density at radius 2 is 1.12 bits per heavy atom. The molecule has 9 heteroatoms. The van der Waals surface area contributed by atoms with E-state index in [0.717, 1.165) is 0 Å². The summed E-state index contributed by atoms with van der Waals surface area (Å²) in [5.74, 6) is 0.471. The van der Waals surface area contributed by atoms with Crippen LogP contribution in [0.5, 0.6) is 5.75 Å². The number of ether oxygens (including phenoxy) is 7. The van der Waals surface area contributed by atoms with Gasteiger partial charge in [0.25, 0.3) is 0 Å². The van der Waals surface area contributed by atoms with E-state index in [9.17, 15) is 5.26 Å². The maximum atomic E-state index is 9.21. The molecule has 178 valence electrons. The summed E-state index contributed by atoms with van der Waals surface area (Å²) in [5.41, 5.74) is 0.563. The average molecular weight is 451 g/mol. The van der Waals surface area contributed by atoms with Gasteiger partial charge in [0, 0.05) is 13.2 Å². The maximum Gasteiger partial charge on any atom is 0.145 e. The van der Waals surface area contributed by atoms with Gasteiger partial charge in [-0.05, 0) is 32.0 Å². The van der Waals surface area contributed by atoms with Gasteiger partial charge in [0.1, 0.15) is 24.0 Å². The summed E-state index contributed by atoms with van der Waals surface area (Å²) < 4.78 is 38.5. The molecule has 0 heterocycles. The van der Waals surface area contributed by atoms with E-state index in [4.69, 9.17) is 38.4 Å². The highest BCUT2D eigenvalue weighted by molar-refractivity contribution is 5.49. The fraction of sp³-hybridized carbons (Fsp3) is 0.652. The van der Waals surface area contributed by atoms with E-state index < -0.39 is 6.10 Å². The molecule has 32 heavy (non-hydrogen) atoms. The van der Waals surface area contributed by atoms with Crippen LogP contribution < -0.4 is 4.74 Å². The Kier molecular flexibility index (Phi) is 16.9. The molecule has 0 aromatic heterocycles. The van der Waals surface area contributed by atoms with E-state index >= 15 is 0 Å². The summed E-state index contributed by atoms with van der Waals surface area (Å²) in [6.45, 7) is 9.63. The Labute approximate surface area is 190 Å². The summed E-state index contributed by atoms with van der Waals surface area (Å²) >= 11 is 0. The zero-order valence-electron chi connectivity index (χ0n) is 19.0. The maximum absolute atomic E-state index is 9.21. The smallest absolute Gasteiger partial charge is 0.145 e. The summed E-state index contributed by atoms with van der Waals surface area (Å²) in [7, 11) is 0. The minimum absolute atomic E-state index is 0.260. The van der Waals surface area contributed by atoms with Crippen molar-refractivity contribution in [1.29, 1.82) is 10.5 Å². The first kappa shape index (κ1) is 27.8. The number of nitrogens with zero attached hydrogens (tertiary/aromatic N) is 2. The molecule has 1 rings (SSSR count). The van der Waals surface area contributed by atoms with E-state index in [1.807, 2.05) is 26.0 Å². The van der Waals surface area contributed by atoms with Gasteiger partial charge in [-0.2, -0.15) is 10.5 Å². The van der Waals surface area contributed by atoms with Gasteiger partial charge in [0.05, 0.1) is 77.2 Å². The quantitative estimate of drug-likeness (QED) is 0.276. The Bertz CT molecular complexity index is 668. The SMILES string of the molecule is CCOCCOCCOCC(COCCOCCOCC)Oc1ccc(C#N)c(C#N)c1. The predicted molar refractivity (Wildman–Crippen MR) is 117 cm³/mol. The fourth-order valence-corrected chi connectivity index (χ4v) is 2.49. The molecule has 0 unspecified atom stereocenters. The van der Waals surface area contributed by atoms with Gasteiger partial charge in [-0.3, -0.25) is 0 Å². The van der Waals surface area contributed by atoms with Gasteiger partial charge in [-0.15, -0.1) is 0 Å². The number of hydrogen-bond acceptors (Lipinski definition) is 9. The molecule has 0 atom stereocenters. The number of rotatable bonds is 20. The highest BCUT2D eigenvalue weighted by atomic mass is 16.6. The highest BCUT2D eigenvalue weighted by Gasteiger charge is 2.13. The van der Waals surface area contributed by atoms with E-state index in [-0.39, 0.29) is 18.8 Å². The van der Waals surface area contributed by atoms with Crippen molar-refractivity contribution in [3.8, 4) is 17.9 Å². The molecule has 1 aromatic carbocycles. The van der Waals surface area contributed by atoms with Crippen molar-refractivity contribution in [1.82, 2.24) is 0 Å². The van der Waals surface area contributed by atoms with Crippen molar-refractivity contribution in [3.63, 3.8) is 0 Å². The summed E-state index contributed by atoms with van der Waals surface area (Å²) in [5, 5.41) is 18.3. The molecule has 9 nitrogen and oxygen atoms in total. The Balaban J connectivity index is 2.44. The van der Waals surface area contributed by atoms with Gasteiger partial charge >= 0.3 is 0 Å². The molecule has 0 bridgehead atoms. The van der Waals surface area contributed by atoms with Crippen LogP contribution in [0.3, 0.4) is 0 Å². The average Bonchev–Trinajstić information content (AvgIpc) is 2.82. The molecular formula is C23H34N2O7. The molecule has 0 N–H and O–H groups in total. The van der Waals surface area contributed by atoms with Gasteiger partial charge in [0.15, 0.2) is 0 Å². The van der Waals surface area contributed by atoms with E-state index in [0.29, 0.717) is 77.4 Å². The summed E-state index contributed by atoms with van der Waals surface area (Å²) in [6, 6.07) is 8.74. The summed E-state index contributed by atoms with van der Waals surface area (Å²) in [4.78, 5) is 0. The van der Waals surface area contributed by atoms with Crippen LogP contribution in [0.25, 0.3) is 0 Å².